The second-order valence-corrected chi connectivity index (χ2v) is 22.1. The summed E-state index contributed by atoms with van der Waals surface area (Å²) in [5, 5.41) is -13.5. The molecule has 1 fully saturated rings. The fourth-order valence-electron chi connectivity index (χ4n) is 5.45. The number of sulfonamides is 2. The lowest BCUT2D eigenvalue weighted by molar-refractivity contribution is -0.925. The second kappa shape index (κ2) is 24.1. The standard InChI is InChI=1S/C16H27F9N2O5S2.C11H17F9N2O2S.C4H8O3S/c1-4-27(5-2,10-6-7-12-33(28,29)30)11-8-9-26(3)34(31,32)16(24,25)14(19,20)13(17,18)15(21,22)23;1-4-22(5-2)7-6-21(3)25(23,24)11(19,20)9(14,15)8(12,13)10(16,17)18;5-8(6)4-2-1-3-7-8/h4-12H2,1-3H3;4-7H2,1-3H3;1-4H2/p+1. The van der Waals surface area contributed by atoms with Crippen molar-refractivity contribution in [3.63, 3.8) is 0 Å². The fraction of sp³-hybridized carbons (Fsp3) is 1.00. The first-order valence-electron chi connectivity index (χ1n) is 19.3. The zero-order valence-electron chi connectivity index (χ0n) is 36.4. The summed E-state index contributed by atoms with van der Waals surface area (Å²) in [6.07, 6.45) is -12.5. The van der Waals surface area contributed by atoms with Crippen molar-refractivity contribution in [1.29, 1.82) is 0 Å². The molecule has 0 amide bonds. The summed E-state index contributed by atoms with van der Waals surface area (Å²) < 4.78 is 335. The van der Waals surface area contributed by atoms with E-state index in [1.165, 1.54) is 4.90 Å². The Morgan fingerprint density at radius 3 is 1.21 bits per heavy atom. The smallest absolute Gasteiger partial charge is 0.324 e. The van der Waals surface area contributed by atoms with E-state index in [0.717, 1.165) is 12.8 Å². The van der Waals surface area contributed by atoms with Crippen LogP contribution in [0.4, 0.5) is 79.0 Å². The number of unbranched alkanes of at least 4 members (excludes halogenated alkanes) is 1. The lowest BCUT2D eigenvalue weighted by Gasteiger charge is -2.38. The van der Waals surface area contributed by atoms with E-state index in [2.05, 4.69) is 4.18 Å². The maximum absolute atomic E-state index is 13.9. The van der Waals surface area contributed by atoms with Crippen molar-refractivity contribution in [2.24, 2.45) is 0 Å². The van der Waals surface area contributed by atoms with Gasteiger partial charge in [0.15, 0.2) is 0 Å². The topological polar surface area (TPSA) is 176 Å². The van der Waals surface area contributed by atoms with E-state index in [9.17, 15) is 113 Å². The van der Waals surface area contributed by atoms with Crippen LogP contribution in [-0.4, -0.2) is 194 Å². The molecule has 0 aromatic rings. The summed E-state index contributed by atoms with van der Waals surface area (Å²) in [6.45, 7) is 6.98. The van der Waals surface area contributed by atoms with E-state index in [1.54, 1.807) is 27.7 Å². The van der Waals surface area contributed by atoms with Gasteiger partial charge in [0, 0.05) is 40.2 Å². The zero-order valence-corrected chi connectivity index (χ0v) is 39.6. The highest BCUT2D eigenvalue weighted by Gasteiger charge is 2.87. The number of quaternary nitrogens is 1. The molecule has 1 saturated heterocycles. The highest BCUT2D eigenvalue weighted by molar-refractivity contribution is 7.90. The molecule has 406 valence electrons. The predicted octanol–water partition coefficient (Wildman–Crippen LogP) is 6.73. The van der Waals surface area contributed by atoms with Crippen LogP contribution in [0.25, 0.3) is 0 Å². The van der Waals surface area contributed by atoms with Crippen molar-refractivity contribution in [1.82, 2.24) is 13.5 Å². The molecule has 1 heterocycles. The van der Waals surface area contributed by atoms with Gasteiger partial charge >= 0.3 is 46.6 Å². The Hall–Kier alpha value is -1.70. The van der Waals surface area contributed by atoms with E-state index in [4.69, 9.17) is 4.55 Å². The molecule has 0 aromatic heterocycles. The van der Waals surface area contributed by atoms with Crippen LogP contribution in [-0.2, 0) is 44.5 Å². The quantitative estimate of drug-likeness (QED) is 0.0357. The van der Waals surface area contributed by atoms with Gasteiger partial charge in [0.05, 0.1) is 44.3 Å². The van der Waals surface area contributed by atoms with Gasteiger partial charge in [-0.05, 0) is 52.6 Å². The Bertz CT molecular complexity index is 1970. The maximum atomic E-state index is 13.9. The number of rotatable bonds is 24. The molecule has 0 unspecified atom stereocenters. The number of hydrogen-bond acceptors (Lipinski definition) is 10. The molecule has 1 N–H and O–H groups in total. The Morgan fingerprint density at radius 2 is 0.925 bits per heavy atom. The predicted molar refractivity (Wildman–Crippen MR) is 203 cm³/mol. The van der Waals surface area contributed by atoms with Gasteiger partial charge in [-0.3, -0.25) is 8.74 Å². The monoisotopic (exact) mass is 1110 g/mol. The molecular weight excluding hydrogens is 1060 g/mol. The molecule has 0 atom stereocenters. The number of likely N-dealkylation sites (N-methyl/N-ethyl adjacent to an activating group) is 2. The molecule has 67 heavy (non-hydrogen) atoms. The van der Waals surface area contributed by atoms with Crippen molar-refractivity contribution >= 4 is 40.3 Å². The zero-order chi connectivity index (χ0) is 54.0. The van der Waals surface area contributed by atoms with Gasteiger partial charge in [-0.25, -0.2) is 16.8 Å². The van der Waals surface area contributed by atoms with E-state index in [1.807, 2.05) is 0 Å². The third-order valence-electron chi connectivity index (χ3n) is 10.1. The van der Waals surface area contributed by atoms with Crippen LogP contribution >= 0.6 is 0 Å². The molecule has 0 bridgehead atoms. The Morgan fingerprint density at radius 1 is 0.552 bits per heavy atom. The molecule has 0 aromatic carbocycles. The van der Waals surface area contributed by atoms with Gasteiger partial charge in [-0.1, -0.05) is 13.8 Å². The average Bonchev–Trinajstić information content (AvgIpc) is 3.17. The molecule has 0 aliphatic carbocycles. The van der Waals surface area contributed by atoms with Gasteiger partial charge in [0.25, 0.3) is 40.3 Å². The van der Waals surface area contributed by atoms with Crippen LogP contribution in [0.15, 0.2) is 0 Å². The van der Waals surface area contributed by atoms with Gasteiger partial charge in [0.2, 0.25) is 0 Å². The van der Waals surface area contributed by atoms with Gasteiger partial charge in [0.1, 0.15) is 0 Å². The summed E-state index contributed by atoms with van der Waals surface area (Å²) in [5.74, 6) is -29.4. The van der Waals surface area contributed by atoms with Crippen molar-refractivity contribution < 1.29 is 126 Å². The van der Waals surface area contributed by atoms with Gasteiger partial charge < -0.3 is 9.38 Å². The SMILES string of the molecule is CCN(CC)CCN(C)S(=O)(=O)C(F)(F)C(F)(F)C(F)(F)C(F)(F)F.CC[N+](CC)(CCCCS(=O)(=O)O)CCCN(C)S(=O)(=O)C(F)(F)C(F)(F)C(F)(F)C(F)(F)F.O=S1(=O)CCCCO1. The third kappa shape index (κ3) is 16.4. The van der Waals surface area contributed by atoms with Crippen molar-refractivity contribution in [2.45, 2.75) is 106 Å². The molecule has 14 nitrogen and oxygen atoms in total. The minimum Gasteiger partial charge on any atom is -0.324 e. The third-order valence-corrected chi connectivity index (χ3v) is 16.0. The highest BCUT2D eigenvalue weighted by atomic mass is 32.2. The summed E-state index contributed by atoms with van der Waals surface area (Å²) in [5.41, 5.74) is 0. The first kappa shape index (κ1) is 67.4. The molecule has 0 spiro atoms. The average molecular weight is 1110 g/mol. The molecule has 0 saturated carbocycles. The minimum atomic E-state index is -7.32. The molecule has 1 aliphatic heterocycles. The second-order valence-electron chi connectivity index (χ2n) is 14.6. The molecule has 1 rings (SSSR count). The lowest BCUT2D eigenvalue weighted by Crippen LogP contribution is -2.65. The normalized spacial score (nSPS) is 16.7. The van der Waals surface area contributed by atoms with E-state index in [-0.39, 0.29) is 40.5 Å². The fourth-order valence-corrected chi connectivity index (χ4v) is 9.45. The van der Waals surface area contributed by atoms with Crippen LogP contribution in [0.3, 0.4) is 0 Å². The number of nitrogens with zero attached hydrogens (tertiary/aromatic N) is 4. The van der Waals surface area contributed by atoms with Crippen LogP contribution < -0.4 is 0 Å². The Labute approximate surface area is 376 Å². The highest BCUT2D eigenvalue weighted by Crippen LogP contribution is 2.56. The van der Waals surface area contributed by atoms with Gasteiger partial charge in [-0.15, -0.1) is 0 Å². The van der Waals surface area contributed by atoms with Gasteiger partial charge in [-0.2, -0.15) is 104 Å². The largest absolute Gasteiger partial charge is 0.460 e. The molecule has 36 heteroatoms. The first-order chi connectivity index (χ1) is 29.6. The summed E-state index contributed by atoms with van der Waals surface area (Å²) in [4.78, 5) is 1.49. The van der Waals surface area contributed by atoms with Crippen molar-refractivity contribution in [3.05, 3.63) is 0 Å². The van der Waals surface area contributed by atoms with Crippen molar-refractivity contribution in [3.8, 4) is 0 Å². The first-order valence-corrected chi connectivity index (χ1v) is 25.4. The maximum Gasteiger partial charge on any atom is 0.460 e. The van der Waals surface area contributed by atoms with E-state index in [0.29, 0.717) is 59.8 Å². The van der Waals surface area contributed by atoms with E-state index < -0.39 is 110 Å². The molecule has 1 aliphatic rings. The van der Waals surface area contributed by atoms with Crippen LogP contribution in [0, 0.1) is 0 Å². The van der Waals surface area contributed by atoms with Crippen molar-refractivity contribution in [2.75, 3.05) is 91.1 Å². The molecular formula is C31H53F18N4O10S4+. The number of alkyl halides is 18. The van der Waals surface area contributed by atoms with E-state index >= 15 is 0 Å². The molecule has 0 radical (unpaired) electrons. The minimum absolute atomic E-state index is 0.0689. The Kier molecular flexibility index (Phi) is 24.3. The summed E-state index contributed by atoms with van der Waals surface area (Å²) in [6, 6.07) is 0. The Balaban J connectivity index is 0. The number of halogens is 18. The lowest BCUT2D eigenvalue weighted by atomic mass is 10.1. The number of hydrogen-bond donors (Lipinski definition) is 1. The van der Waals surface area contributed by atoms with Crippen LogP contribution in [0.5, 0.6) is 0 Å². The summed E-state index contributed by atoms with van der Waals surface area (Å²) in [7, 11) is -19.7. The summed E-state index contributed by atoms with van der Waals surface area (Å²) >= 11 is 0. The van der Waals surface area contributed by atoms with Crippen LogP contribution in [0.1, 0.15) is 59.8 Å². The van der Waals surface area contributed by atoms with Crippen LogP contribution in [0.2, 0.25) is 0 Å².